The second kappa shape index (κ2) is 7.56. The topological polar surface area (TPSA) is 67.9 Å². The Kier molecular flexibility index (Phi) is 5.39. The molecule has 1 saturated heterocycles. The second-order valence-electron chi connectivity index (χ2n) is 7.17. The smallest absolute Gasteiger partial charge is 0.240 e. The van der Waals surface area contributed by atoms with Crippen LogP contribution in [-0.2, 0) is 9.59 Å². The van der Waals surface area contributed by atoms with Crippen LogP contribution in [0.3, 0.4) is 0 Å². The van der Waals surface area contributed by atoms with Crippen molar-refractivity contribution in [2.45, 2.75) is 52.5 Å². The molecule has 0 radical (unpaired) electrons. The molecule has 3 rings (SSSR count). The van der Waals surface area contributed by atoms with E-state index >= 15 is 0 Å². The number of rotatable bonds is 8. The first kappa shape index (κ1) is 18.5. The minimum atomic E-state index is -0.250. The molecule has 2 aliphatic heterocycles. The summed E-state index contributed by atoms with van der Waals surface area (Å²) in [5, 5.41) is 3.08. The molecule has 2 aliphatic rings. The molecule has 1 fully saturated rings. The van der Waals surface area contributed by atoms with Gasteiger partial charge in [-0.15, -0.1) is 0 Å². The van der Waals surface area contributed by atoms with Gasteiger partial charge >= 0.3 is 0 Å². The van der Waals surface area contributed by atoms with Gasteiger partial charge in [0.2, 0.25) is 18.6 Å². The first-order valence-corrected chi connectivity index (χ1v) is 9.51. The van der Waals surface area contributed by atoms with Crippen LogP contribution in [0, 0.1) is 5.41 Å². The van der Waals surface area contributed by atoms with Gasteiger partial charge in [-0.05, 0) is 37.0 Å². The summed E-state index contributed by atoms with van der Waals surface area (Å²) < 4.78 is 10.8. The fourth-order valence-corrected chi connectivity index (χ4v) is 3.81. The zero-order valence-corrected chi connectivity index (χ0v) is 15.8. The van der Waals surface area contributed by atoms with Crippen LogP contribution in [0.5, 0.6) is 11.5 Å². The van der Waals surface area contributed by atoms with E-state index in [4.69, 9.17) is 9.47 Å². The molecule has 1 atom stereocenters. The highest BCUT2D eigenvalue weighted by Crippen LogP contribution is 2.38. The molecule has 1 N–H and O–H groups in total. The number of amides is 2. The van der Waals surface area contributed by atoms with Crippen LogP contribution in [0.15, 0.2) is 18.2 Å². The zero-order chi connectivity index (χ0) is 18.7. The monoisotopic (exact) mass is 360 g/mol. The Bertz CT molecular complexity index is 684. The van der Waals surface area contributed by atoms with E-state index in [0.717, 1.165) is 37.0 Å². The summed E-state index contributed by atoms with van der Waals surface area (Å²) in [5.41, 5.74) is 0.747. The maximum Gasteiger partial charge on any atom is 0.240 e. The van der Waals surface area contributed by atoms with Crippen molar-refractivity contribution >= 4 is 11.8 Å². The number of fused-ring (bicyclic) bond motifs is 1. The van der Waals surface area contributed by atoms with Gasteiger partial charge in [0.05, 0.1) is 18.0 Å². The van der Waals surface area contributed by atoms with Crippen molar-refractivity contribution in [2.24, 2.45) is 5.41 Å². The lowest BCUT2D eigenvalue weighted by Gasteiger charge is -2.48. The molecule has 142 valence electrons. The third kappa shape index (κ3) is 3.37. The van der Waals surface area contributed by atoms with E-state index in [1.165, 1.54) is 0 Å². The van der Waals surface area contributed by atoms with E-state index in [0.29, 0.717) is 12.3 Å². The minimum Gasteiger partial charge on any atom is -0.454 e. The maximum atomic E-state index is 12.5. The Labute approximate surface area is 154 Å². The molecule has 0 aromatic heterocycles. The lowest BCUT2D eigenvalue weighted by atomic mass is 9.74. The fourth-order valence-electron chi connectivity index (χ4n) is 3.81. The van der Waals surface area contributed by atoms with E-state index in [1.807, 2.05) is 32.0 Å². The Morgan fingerprint density at radius 3 is 2.62 bits per heavy atom. The first-order valence-electron chi connectivity index (χ1n) is 9.51. The normalized spacial score (nSPS) is 18.4. The van der Waals surface area contributed by atoms with Gasteiger partial charge in [-0.2, -0.15) is 0 Å². The molecule has 1 unspecified atom stereocenters. The summed E-state index contributed by atoms with van der Waals surface area (Å²) in [4.78, 5) is 26.6. The summed E-state index contributed by atoms with van der Waals surface area (Å²) in [6.45, 7) is 7.20. The summed E-state index contributed by atoms with van der Waals surface area (Å²) >= 11 is 0. The minimum absolute atomic E-state index is 0.0968. The highest BCUT2D eigenvalue weighted by atomic mass is 16.7. The van der Waals surface area contributed by atoms with E-state index in [-0.39, 0.29) is 36.6 Å². The second-order valence-corrected chi connectivity index (χ2v) is 7.17. The van der Waals surface area contributed by atoms with Gasteiger partial charge in [0.1, 0.15) is 0 Å². The number of benzene rings is 1. The highest BCUT2D eigenvalue weighted by molar-refractivity contribution is 5.92. The van der Waals surface area contributed by atoms with Crippen LogP contribution < -0.4 is 14.8 Å². The number of carbonyl (C=O) groups excluding carboxylic acids is 2. The van der Waals surface area contributed by atoms with Crippen LogP contribution in [0.1, 0.15) is 58.1 Å². The molecule has 0 spiro atoms. The largest absolute Gasteiger partial charge is 0.454 e. The van der Waals surface area contributed by atoms with Crippen molar-refractivity contribution in [1.29, 1.82) is 0 Å². The van der Waals surface area contributed by atoms with Crippen molar-refractivity contribution in [3.05, 3.63) is 23.8 Å². The third-order valence-electron chi connectivity index (χ3n) is 5.63. The molecular weight excluding hydrogens is 332 g/mol. The van der Waals surface area contributed by atoms with E-state index in [9.17, 15) is 9.59 Å². The zero-order valence-electron chi connectivity index (χ0n) is 15.8. The van der Waals surface area contributed by atoms with Crippen LogP contribution in [0.4, 0.5) is 0 Å². The third-order valence-corrected chi connectivity index (χ3v) is 5.63. The van der Waals surface area contributed by atoms with Gasteiger partial charge < -0.3 is 19.7 Å². The molecule has 0 saturated carbocycles. The molecule has 2 heterocycles. The fraction of sp³-hybridized carbons (Fsp3) is 0.600. The number of nitrogens with zero attached hydrogens (tertiary/aromatic N) is 1. The van der Waals surface area contributed by atoms with Gasteiger partial charge in [-0.25, -0.2) is 0 Å². The Hall–Kier alpha value is -2.24. The predicted molar refractivity (Wildman–Crippen MR) is 98.0 cm³/mol. The van der Waals surface area contributed by atoms with Crippen LogP contribution in [0.2, 0.25) is 0 Å². The van der Waals surface area contributed by atoms with Crippen LogP contribution >= 0.6 is 0 Å². The standard InChI is InChI=1S/C20H28N2O4/c1-4-7-15(14-8-9-16-17(10-14)26-13-25-16)21-18(23)11-22-12-20(5-2,6-3)19(22)24/h8-10,15H,4-7,11-13H2,1-3H3,(H,21,23). The van der Waals surface area contributed by atoms with Crippen molar-refractivity contribution in [3.8, 4) is 11.5 Å². The highest BCUT2D eigenvalue weighted by Gasteiger charge is 2.49. The molecular formula is C20H28N2O4. The number of β-lactam (4-membered cyclic amide) rings is 1. The van der Waals surface area contributed by atoms with E-state index < -0.39 is 0 Å². The lowest BCUT2D eigenvalue weighted by molar-refractivity contribution is -0.163. The SMILES string of the molecule is CCCC(NC(=O)CN1CC(CC)(CC)C1=O)c1ccc2c(c1)OCO2. The number of carbonyl (C=O) groups is 2. The van der Waals surface area contributed by atoms with Gasteiger partial charge in [-0.1, -0.05) is 33.3 Å². The predicted octanol–water partition coefficient (Wildman–Crippen LogP) is 3.02. The summed E-state index contributed by atoms with van der Waals surface area (Å²) in [5.74, 6) is 1.44. The number of likely N-dealkylation sites (tertiary alicyclic amines) is 1. The Balaban J connectivity index is 1.62. The van der Waals surface area contributed by atoms with Gasteiger partial charge in [-0.3, -0.25) is 9.59 Å². The number of hydrogen-bond acceptors (Lipinski definition) is 4. The van der Waals surface area contributed by atoms with Gasteiger partial charge in [0.15, 0.2) is 11.5 Å². The average Bonchev–Trinajstić information content (AvgIpc) is 3.12. The van der Waals surface area contributed by atoms with Crippen LogP contribution in [0.25, 0.3) is 0 Å². The van der Waals surface area contributed by atoms with Crippen molar-refractivity contribution < 1.29 is 19.1 Å². The number of hydrogen-bond donors (Lipinski definition) is 1. The summed E-state index contributed by atoms with van der Waals surface area (Å²) in [7, 11) is 0. The Morgan fingerprint density at radius 1 is 1.23 bits per heavy atom. The van der Waals surface area contributed by atoms with E-state index in [2.05, 4.69) is 12.2 Å². The van der Waals surface area contributed by atoms with Gasteiger partial charge in [0, 0.05) is 6.54 Å². The van der Waals surface area contributed by atoms with Crippen molar-refractivity contribution in [1.82, 2.24) is 10.2 Å². The summed E-state index contributed by atoms with van der Waals surface area (Å²) in [6, 6.07) is 5.67. The summed E-state index contributed by atoms with van der Waals surface area (Å²) in [6.07, 6.45) is 3.43. The quantitative estimate of drug-likeness (QED) is 0.724. The Morgan fingerprint density at radius 2 is 1.96 bits per heavy atom. The molecule has 0 bridgehead atoms. The molecule has 1 aromatic rings. The van der Waals surface area contributed by atoms with Crippen molar-refractivity contribution in [3.63, 3.8) is 0 Å². The molecule has 2 amide bonds. The molecule has 26 heavy (non-hydrogen) atoms. The average molecular weight is 360 g/mol. The maximum absolute atomic E-state index is 12.5. The van der Waals surface area contributed by atoms with Crippen LogP contribution in [-0.4, -0.2) is 36.6 Å². The van der Waals surface area contributed by atoms with E-state index in [1.54, 1.807) is 4.90 Å². The first-order chi connectivity index (χ1) is 12.5. The number of nitrogens with one attached hydrogen (secondary N) is 1. The molecule has 6 heteroatoms. The van der Waals surface area contributed by atoms with Gasteiger partial charge in [0.25, 0.3) is 0 Å². The number of ether oxygens (including phenoxy) is 2. The molecule has 1 aromatic carbocycles. The molecule has 0 aliphatic carbocycles. The molecule has 6 nitrogen and oxygen atoms in total. The lowest BCUT2D eigenvalue weighted by Crippen LogP contribution is -2.62. The van der Waals surface area contributed by atoms with Crippen molar-refractivity contribution in [2.75, 3.05) is 19.9 Å².